The van der Waals surface area contributed by atoms with Crippen molar-refractivity contribution in [3.05, 3.63) is 45.6 Å². The number of anilines is 1. The van der Waals surface area contributed by atoms with Gasteiger partial charge >= 0.3 is 5.97 Å². The molecule has 48 heavy (non-hydrogen) atoms. The zero-order valence-corrected chi connectivity index (χ0v) is 29.4. The Balaban J connectivity index is 1.75. The SMILES string of the molecule is COC(=O)CC1(CNC(=O)[C@@H](CC(C)C)Nc2ccc3c(cc2=O)[C@H](NC(C)=O)CCc2cc(OC)c(OC)c(OC)c2-3)CCCCC1. The molecule has 2 aliphatic rings. The van der Waals surface area contributed by atoms with Crippen molar-refractivity contribution in [2.24, 2.45) is 11.3 Å². The Morgan fingerprint density at radius 1 is 0.958 bits per heavy atom. The Hall–Kier alpha value is -4.28. The summed E-state index contributed by atoms with van der Waals surface area (Å²) in [5.74, 6) is 0.834. The van der Waals surface area contributed by atoms with Crippen molar-refractivity contribution in [2.45, 2.75) is 90.6 Å². The first-order valence-electron chi connectivity index (χ1n) is 16.8. The molecule has 0 heterocycles. The van der Waals surface area contributed by atoms with Crippen LogP contribution in [0.25, 0.3) is 11.1 Å². The summed E-state index contributed by atoms with van der Waals surface area (Å²) in [5, 5.41) is 9.40. The van der Waals surface area contributed by atoms with E-state index in [1.165, 1.54) is 14.0 Å². The average molecular weight is 666 g/mol. The molecule has 4 rings (SSSR count). The Morgan fingerprint density at radius 3 is 2.27 bits per heavy atom. The van der Waals surface area contributed by atoms with E-state index in [9.17, 15) is 19.2 Å². The van der Waals surface area contributed by atoms with Crippen molar-refractivity contribution < 1.29 is 33.3 Å². The van der Waals surface area contributed by atoms with Gasteiger partial charge in [-0.3, -0.25) is 19.2 Å². The summed E-state index contributed by atoms with van der Waals surface area (Å²) in [6.45, 7) is 5.86. The number of carbonyl (C=O) groups excluding carboxylic acids is 3. The van der Waals surface area contributed by atoms with Gasteiger partial charge < -0.3 is 34.9 Å². The fourth-order valence-electron chi connectivity index (χ4n) is 7.21. The Bertz CT molecular complexity index is 1550. The standard InChI is InChI=1S/C37H51N3O8/c1-22(2)17-29(36(44)38-21-37(20-32(43)46-5)15-9-8-10-16-37)40-28-14-12-25-26(19-30(28)42)27(39-23(3)41)13-11-24-18-31(45-4)34(47-6)35(48-7)33(24)25/h12,14,18-19,22,27,29H,8-11,13,15-17,20-21H2,1-7H3,(H,38,44)(H,39,41)(H,40,42)/t27-,29-/m1/s1. The van der Waals surface area contributed by atoms with Crippen molar-refractivity contribution >= 4 is 23.5 Å². The minimum absolute atomic E-state index is 0.152. The first kappa shape index (κ1) is 36.6. The molecule has 0 spiro atoms. The number of aryl methyl sites for hydroxylation is 1. The minimum atomic E-state index is -0.698. The van der Waals surface area contributed by atoms with Crippen molar-refractivity contribution in [1.29, 1.82) is 0 Å². The van der Waals surface area contributed by atoms with Crippen molar-refractivity contribution in [1.82, 2.24) is 10.6 Å². The minimum Gasteiger partial charge on any atom is -0.493 e. The highest BCUT2D eigenvalue weighted by atomic mass is 16.5. The van der Waals surface area contributed by atoms with Crippen molar-refractivity contribution in [3.8, 4) is 28.4 Å². The maximum atomic E-state index is 13.9. The third-order valence-electron chi connectivity index (χ3n) is 9.57. The van der Waals surface area contributed by atoms with Crippen LogP contribution in [0, 0.1) is 11.3 Å². The van der Waals surface area contributed by atoms with Gasteiger partial charge in [-0.2, -0.15) is 0 Å². The van der Waals surface area contributed by atoms with E-state index in [0.29, 0.717) is 54.2 Å². The molecular weight excluding hydrogens is 614 g/mol. The molecule has 0 radical (unpaired) electrons. The van der Waals surface area contributed by atoms with Crippen LogP contribution in [0.5, 0.6) is 17.2 Å². The van der Waals surface area contributed by atoms with Crippen LogP contribution in [0.2, 0.25) is 0 Å². The molecule has 262 valence electrons. The van der Waals surface area contributed by atoms with Gasteiger partial charge in [-0.25, -0.2) is 0 Å². The van der Waals surface area contributed by atoms with Gasteiger partial charge in [0.15, 0.2) is 11.5 Å². The van der Waals surface area contributed by atoms with E-state index >= 15 is 0 Å². The van der Waals surface area contributed by atoms with E-state index < -0.39 is 12.1 Å². The van der Waals surface area contributed by atoms with E-state index in [-0.39, 0.29) is 46.7 Å². The summed E-state index contributed by atoms with van der Waals surface area (Å²) in [5.41, 5.74) is 2.61. The molecule has 0 aliphatic heterocycles. The highest BCUT2D eigenvalue weighted by molar-refractivity contribution is 5.86. The van der Waals surface area contributed by atoms with Crippen molar-refractivity contribution in [2.75, 3.05) is 40.3 Å². The second-order valence-corrected chi connectivity index (χ2v) is 13.5. The number of fused-ring (bicyclic) bond motifs is 3. The summed E-state index contributed by atoms with van der Waals surface area (Å²) in [7, 11) is 6.05. The molecule has 0 bridgehead atoms. The number of hydrogen-bond acceptors (Lipinski definition) is 9. The largest absolute Gasteiger partial charge is 0.493 e. The lowest BCUT2D eigenvalue weighted by molar-refractivity contribution is -0.144. The number of methoxy groups -OCH3 is 4. The number of ether oxygens (including phenoxy) is 4. The first-order chi connectivity index (χ1) is 22.9. The quantitative estimate of drug-likeness (QED) is 0.243. The molecule has 2 amide bonds. The molecule has 0 saturated heterocycles. The number of benzene rings is 1. The lowest BCUT2D eigenvalue weighted by Gasteiger charge is -2.37. The van der Waals surface area contributed by atoms with Gasteiger partial charge in [0.1, 0.15) is 6.04 Å². The summed E-state index contributed by atoms with van der Waals surface area (Å²) < 4.78 is 22.2. The second kappa shape index (κ2) is 16.2. The fraction of sp³-hybridized carbons (Fsp3) is 0.568. The van der Waals surface area contributed by atoms with Gasteiger partial charge in [0.2, 0.25) is 23.0 Å². The third kappa shape index (κ3) is 8.41. The number of rotatable bonds is 13. The number of amides is 2. The molecule has 11 nitrogen and oxygen atoms in total. The highest BCUT2D eigenvalue weighted by Gasteiger charge is 2.36. The molecule has 0 unspecified atom stereocenters. The maximum absolute atomic E-state index is 13.9. The maximum Gasteiger partial charge on any atom is 0.306 e. The summed E-state index contributed by atoms with van der Waals surface area (Å²) >= 11 is 0. The molecule has 1 saturated carbocycles. The van der Waals surface area contributed by atoms with E-state index in [2.05, 4.69) is 16.0 Å². The predicted octanol–water partition coefficient (Wildman–Crippen LogP) is 5.32. The Labute approximate surface area is 283 Å². The third-order valence-corrected chi connectivity index (χ3v) is 9.57. The van der Waals surface area contributed by atoms with Gasteiger partial charge in [0, 0.05) is 19.0 Å². The smallest absolute Gasteiger partial charge is 0.306 e. The van der Waals surface area contributed by atoms with Crippen LogP contribution in [-0.4, -0.2) is 58.8 Å². The number of nitrogens with one attached hydrogen (secondary N) is 3. The first-order valence-corrected chi connectivity index (χ1v) is 16.8. The molecule has 2 aromatic carbocycles. The average Bonchev–Trinajstić information content (AvgIpc) is 3.30. The topological polar surface area (TPSA) is 141 Å². The lowest BCUT2D eigenvalue weighted by Crippen LogP contribution is -2.47. The van der Waals surface area contributed by atoms with Crippen LogP contribution in [-0.2, 0) is 25.5 Å². The monoisotopic (exact) mass is 665 g/mol. The zero-order chi connectivity index (χ0) is 35.0. The Morgan fingerprint density at radius 2 is 1.67 bits per heavy atom. The van der Waals surface area contributed by atoms with E-state index in [4.69, 9.17) is 18.9 Å². The fourth-order valence-corrected chi connectivity index (χ4v) is 7.21. The van der Waals surface area contributed by atoms with Crippen LogP contribution in [0.4, 0.5) is 5.69 Å². The van der Waals surface area contributed by atoms with Gasteiger partial charge in [0.25, 0.3) is 0 Å². The molecule has 1 fully saturated rings. The summed E-state index contributed by atoms with van der Waals surface area (Å²) in [6, 6.07) is 5.83. The summed E-state index contributed by atoms with van der Waals surface area (Å²) in [6.07, 6.45) is 6.64. The van der Waals surface area contributed by atoms with Gasteiger partial charge in [-0.15, -0.1) is 0 Å². The molecule has 2 aliphatic carbocycles. The van der Waals surface area contributed by atoms with Crippen LogP contribution in [0.3, 0.4) is 0 Å². The number of carbonyl (C=O) groups is 3. The summed E-state index contributed by atoms with van der Waals surface area (Å²) in [4.78, 5) is 52.3. The van der Waals surface area contributed by atoms with Crippen molar-refractivity contribution in [3.63, 3.8) is 0 Å². The van der Waals surface area contributed by atoms with E-state index in [1.807, 2.05) is 26.0 Å². The molecule has 3 N–H and O–H groups in total. The van der Waals surface area contributed by atoms with Crippen LogP contribution < -0.4 is 35.6 Å². The van der Waals surface area contributed by atoms with Crippen LogP contribution in [0.15, 0.2) is 29.1 Å². The van der Waals surface area contributed by atoms with E-state index in [1.54, 1.807) is 33.5 Å². The van der Waals surface area contributed by atoms with Gasteiger partial charge in [-0.05, 0) is 78.3 Å². The Kier molecular flexibility index (Phi) is 12.3. The van der Waals surface area contributed by atoms with Gasteiger partial charge in [-0.1, -0.05) is 39.2 Å². The number of hydrogen-bond donors (Lipinski definition) is 3. The van der Waals surface area contributed by atoms with Gasteiger partial charge in [0.05, 0.1) is 46.6 Å². The molecule has 0 aromatic heterocycles. The second-order valence-electron chi connectivity index (χ2n) is 13.5. The van der Waals surface area contributed by atoms with Crippen LogP contribution >= 0.6 is 0 Å². The molecule has 2 atom stereocenters. The van der Waals surface area contributed by atoms with E-state index in [0.717, 1.165) is 43.2 Å². The molecular formula is C37H51N3O8. The normalized spacial score (nSPS) is 17.1. The zero-order valence-electron chi connectivity index (χ0n) is 29.4. The molecule has 2 aromatic rings. The van der Waals surface area contributed by atoms with Crippen LogP contribution in [0.1, 0.15) is 89.3 Å². The number of esters is 1. The highest BCUT2D eigenvalue weighted by Crippen LogP contribution is 2.50. The lowest BCUT2D eigenvalue weighted by atomic mass is 9.71. The predicted molar refractivity (Wildman–Crippen MR) is 185 cm³/mol. The molecule has 11 heteroatoms.